The molecule has 13 heteroatoms. The van der Waals surface area contributed by atoms with Gasteiger partial charge < -0.3 is 25.6 Å². The molecule has 0 aliphatic heterocycles. The molecule has 0 unspecified atom stereocenters. The molecule has 2 aromatic heterocycles. The molecule has 2 rings (SSSR count). The largest absolute Gasteiger partial charge is 0.395 e. The minimum Gasteiger partial charge on any atom is -0.395 e. The minimum atomic E-state index is -5.51. The lowest BCUT2D eigenvalue weighted by Crippen LogP contribution is -2.29. The second kappa shape index (κ2) is 7.80. The molecule has 2 aromatic rings. The van der Waals surface area contributed by atoms with Crippen molar-refractivity contribution in [1.82, 2.24) is 19.9 Å². The molecule has 26 heavy (non-hydrogen) atoms. The molecule has 7 N–H and O–H groups in total. The molecule has 0 saturated heterocycles. The molecule has 0 spiro atoms. The van der Waals surface area contributed by atoms with E-state index in [4.69, 9.17) is 20.6 Å². The molecule has 146 valence electrons. The zero-order valence-corrected chi connectivity index (χ0v) is 14.5. The molecule has 0 saturated carbocycles. The predicted molar refractivity (Wildman–Crippen MR) is 89.7 cm³/mol. The first kappa shape index (κ1) is 20.5. The zero-order valence-electron chi connectivity index (χ0n) is 13.7. The van der Waals surface area contributed by atoms with Crippen molar-refractivity contribution in [2.24, 2.45) is 0 Å². The van der Waals surface area contributed by atoms with Gasteiger partial charge in [-0.15, -0.1) is 0 Å². The van der Waals surface area contributed by atoms with Crippen LogP contribution in [0, 0.1) is 0 Å². The van der Waals surface area contributed by atoms with Gasteiger partial charge in [-0.3, -0.25) is 19.2 Å². The zero-order chi connectivity index (χ0) is 19.5. The number of hydrogen-bond donors (Lipinski definition) is 6. The number of aromatic nitrogens is 3. The molecular formula is C13H20F2N5O5P. The molecule has 0 amide bonds. The highest BCUT2D eigenvalue weighted by molar-refractivity contribution is 7.53. The monoisotopic (exact) mass is 395 g/mol. The maximum Gasteiger partial charge on any atom is 0.394 e. The highest BCUT2D eigenvalue weighted by atomic mass is 31.2. The van der Waals surface area contributed by atoms with Crippen LogP contribution in [0.2, 0.25) is 0 Å². The highest BCUT2D eigenvalue weighted by Gasteiger charge is 2.47. The summed E-state index contributed by atoms with van der Waals surface area (Å²) >= 11 is 0. The Morgan fingerprint density at radius 2 is 2.04 bits per heavy atom. The molecule has 2 heterocycles. The first-order chi connectivity index (χ1) is 12.0. The Morgan fingerprint density at radius 3 is 2.65 bits per heavy atom. The van der Waals surface area contributed by atoms with E-state index in [-0.39, 0.29) is 44.1 Å². The Bertz CT molecular complexity index is 864. The summed E-state index contributed by atoms with van der Waals surface area (Å²) in [6.07, 6.45) is 0.343. The fourth-order valence-electron chi connectivity index (χ4n) is 2.52. The standard InChI is InChI=1S/C13H20F2N5O5P/c14-13(15,26(23,24)25)2-1-3-20(4-5-21)7-8-6-17-10-9(8)18-12(16)19-11(10)22/h6,17,21H,1-5,7H2,(H2,23,24,25)(H3,16,18,19,22). The van der Waals surface area contributed by atoms with Crippen LogP contribution in [0.5, 0.6) is 0 Å². The average molecular weight is 395 g/mol. The molecule has 0 radical (unpaired) electrons. The Balaban J connectivity index is 2.09. The average Bonchev–Trinajstić information content (AvgIpc) is 2.89. The number of hydrogen-bond acceptors (Lipinski definition) is 6. The molecule has 0 bridgehead atoms. The van der Waals surface area contributed by atoms with E-state index < -0.39 is 25.2 Å². The van der Waals surface area contributed by atoms with Crippen molar-refractivity contribution in [3.8, 4) is 0 Å². The molecule has 0 fully saturated rings. The van der Waals surface area contributed by atoms with Crippen molar-refractivity contribution >= 4 is 24.6 Å². The number of anilines is 1. The van der Waals surface area contributed by atoms with Crippen molar-refractivity contribution in [3.63, 3.8) is 0 Å². The maximum atomic E-state index is 13.3. The van der Waals surface area contributed by atoms with Crippen LogP contribution in [0.1, 0.15) is 18.4 Å². The van der Waals surface area contributed by atoms with Gasteiger partial charge in [0.25, 0.3) is 5.56 Å². The third-order valence-electron chi connectivity index (χ3n) is 3.82. The van der Waals surface area contributed by atoms with Gasteiger partial charge in [0.05, 0.1) is 6.61 Å². The Morgan fingerprint density at radius 1 is 1.35 bits per heavy atom. The van der Waals surface area contributed by atoms with Crippen molar-refractivity contribution in [3.05, 3.63) is 22.1 Å². The summed E-state index contributed by atoms with van der Waals surface area (Å²) in [6.45, 7) is 0.139. The summed E-state index contributed by atoms with van der Waals surface area (Å²) in [5.74, 6) is -0.0710. The number of aliphatic hydroxyl groups excluding tert-OH is 1. The predicted octanol–water partition coefficient (Wildman–Crippen LogP) is 0.178. The topological polar surface area (TPSA) is 169 Å². The normalized spacial score (nSPS) is 13.0. The van der Waals surface area contributed by atoms with Crippen LogP contribution in [-0.4, -0.2) is 60.1 Å². The van der Waals surface area contributed by atoms with Crippen molar-refractivity contribution in [1.29, 1.82) is 0 Å². The first-order valence-electron chi connectivity index (χ1n) is 7.67. The van der Waals surface area contributed by atoms with Gasteiger partial charge in [-0.25, -0.2) is 4.98 Å². The number of nitrogen functional groups attached to an aromatic ring is 1. The van der Waals surface area contributed by atoms with Gasteiger partial charge in [-0.1, -0.05) is 0 Å². The number of aliphatic hydroxyl groups is 1. The fourth-order valence-corrected chi connectivity index (χ4v) is 2.97. The van der Waals surface area contributed by atoms with Crippen molar-refractivity contribution in [2.45, 2.75) is 25.1 Å². The van der Waals surface area contributed by atoms with Crippen molar-refractivity contribution < 1.29 is 28.2 Å². The smallest absolute Gasteiger partial charge is 0.394 e. The van der Waals surface area contributed by atoms with E-state index >= 15 is 0 Å². The molecule has 0 aliphatic carbocycles. The SMILES string of the molecule is Nc1nc2c(CN(CCO)CCCC(F)(F)P(=O)(O)O)c[nH]c2c(=O)[nH]1. The van der Waals surface area contributed by atoms with E-state index in [0.29, 0.717) is 11.1 Å². The highest BCUT2D eigenvalue weighted by Crippen LogP contribution is 2.55. The van der Waals surface area contributed by atoms with Gasteiger partial charge in [0.2, 0.25) is 5.95 Å². The Hall–Kier alpha value is -1.85. The number of nitrogens with one attached hydrogen (secondary N) is 2. The number of halogens is 2. The lowest BCUT2D eigenvalue weighted by Gasteiger charge is -2.23. The van der Waals surface area contributed by atoms with Crippen LogP contribution >= 0.6 is 7.60 Å². The number of alkyl halides is 2. The Kier molecular flexibility index (Phi) is 6.14. The maximum absolute atomic E-state index is 13.3. The number of nitrogens with two attached hydrogens (primary N) is 1. The van der Waals surface area contributed by atoms with Crippen molar-refractivity contribution in [2.75, 3.05) is 25.4 Å². The molecule has 0 aromatic carbocycles. The second-order valence-corrected chi connectivity index (χ2v) is 7.54. The fraction of sp³-hybridized carbons (Fsp3) is 0.538. The van der Waals surface area contributed by atoms with Crippen LogP contribution in [-0.2, 0) is 11.1 Å². The van der Waals surface area contributed by atoms with E-state index in [0.717, 1.165) is 0 Å². The number of H-pyrrole nitrogens is 2. The summed E-state index contributed by atoms with van der Waals surface area (Å²) < 4.78 is 37.4. The first-order valence-corrected chi connectivity index (χ1v) is 9.29. The third-order valence-corrected chi connectivity index (χ3v) is 4.90. The molecule has 0 atom stereocenters. The van der Waals surface area contributed by atoms with Gasteiger partial charge in [-0.2, -0.15) is 8.78 Å². The summed E-state index contributed by atoms with van der Waals surface area (Å²) in [5.41, 5.74) is 2.09. The minimum absolute atomic E-state index is 0.0570. The lowest BCUT2D eigenvalue weighted by atomic mass is 10.2. The molecular weight excluding hydrogens is 375 g/mol. The number of aromatic amines is 2. The van der Waals surface area contributed by atoms with Gasteiger partial charge in [-0.05, 0) is 13.0 Å². The van der Waals surface area contributed by atoms with Gasteiger partial charge in [0.15, 0.2) is 0 Å². The van der Waals surface area contributed by atoms with Crippen LogP contribution < -0.4 is 11.3 Å². The third kappa shape index (κ3) is 4.65. The van der Waals surface area contributed by atoms with E-state index in [1.807, 2.05) is 0 Å². The van der Waals surface area contributed by atoms with E-state index in [1.54, 1.807) is 4.90 Å². The van der Waals surface area contributed by atoms with Gasteiger partial charge in [0.1, 0.15) is 11.0 Å². The lowest BCUT2D eigenvalue weighted by molar-refractivity contribution is 0.0444. The van der Waals surface area contributed by atoms with Crippen LogP contribution in [0.4, 0.5) is 14.7 Å². The number of nitrogens with zero attached hydrogens (tertiary/aromatic N) is 2. The number of rotatable bonds is 9. The second-order valence-electron chi connectivity index (χ2n) is 5.80. The Labute approximate surface area is 146 Å². The summed E-state index contributed by atoms with van der Waals surface area (Å²) in [4.78, 5) is 39.8. The van der Waals surface area contributed by atoms with E-state index in [9.17, 15) is 18.1 Å². The van der Waals surface area contributed by atoms with Gasteiger partial charge in [0, 0.05) is 31.3 Å². The quantitative estimate of drug-likeness (QED) is 0.327. The summed E-state index contributed by atoms with van der Waals surface area (Å²) in [7, 11) is -5.51. The summed E-state index contributed by atoms with van der Waals surface area (Å²) in [5, 5.41) is 9.14. The summed E-state index contributed by atoms with van der Waals surface area (Å²) in [6, 6.07) is 0. The molecule has 0 aliphatic rings. The molecule has 10 nitrogen and oxygen atoms in total. The van der Waals surface area contributed by atoms with Crippen LogP contribution in [0.15, 0.2) is 11.0 Å². The van der Waals surface area contributed by atoms with Gasteiger partial charge >= 0.3 is 13.3 Å². The van der Waals surface area contributed by atoms with E-state index in [2.05, 4.69) is 15.0 Å². The number of fused-ring (bicyclic) bond motifs is 1. The van der Waals surface area contributed by atoms with Crippen LogP contribution in [0.25, 0.3) is 11.0 Å². The van der Waals surface area contributed by atoms with Crippen LogP contribution in [0.3, 0.4) is 0 Å². The van der Waals surface area contributed by atoms with E-state index in [1.165, 1.54) is 6.20 Å².